The molecular weight excluding hydrogens is 350 g/mol. The molecular formula is C20H29NO6. The van der Waals surface area contributed by atoms with Gasteiger partial charge >= 0.3 is 5.97 Å². The van der Waals surface area contributed by atoms with Gasteiger partial charge in [0.15, 0.2) is 18.1 Å². The molecule has 1 fully saturated rings. The number of rotatable bonds is 7. The van der Waals surface area contributed by atoms with Crippen LogP contribution in [0.2, 0.25) is 0 Å². The normalized spacial score (nSPS) is 19.4. The molecule has 0 aromatic heterocycles. The summed E-state index contributed by atoms with van der Waals surface area (Å²) in [5.74, 6) is 0.765. The van der Waals surface area contributed by atoms with Crippen molar-refractivity contribution in [1.29, 1.82) is 0 Å². The van der Waals surface area contributed by atoms with E-state index >= 15 is 0 Å². The van der Waals surface area contributed by atoms with E-state index in [0.29, 0.717) is 22.8 Å². The van der Waals surface area contributed by atoms with E-state index in [0.717, 1.165) is 19.3 Å². The first-order valence-electron chi connectivity index (χ1n) is 9.16. The van der Waals surface area contributed by atoms with E-state index in [9.17, 15) is 9.59 Å². The van der Waals surface area contributed by atoms with Crippen LogP contribution in [0.1, 0.15) is 38.7 Å². The van der Waals surface area contributed by atoms with Gasteiger partial charge in [-0.2, -0.15) is 0 Å². The lowest BCUT2D eigenvalue weighted by molar-refractivity contribution is -0.154. The molecule has 0 N–H and O–H groups in total. The molecule has 0 saturated carbocycles. The maximum absolute atomic E-state index is 12.5. The Morgan fingerprint density at radius 3 is 2.04 bits per heavy atom. The van der Waals surface area contributed by atoms with Gasteiger partial charge in [0, 0.05) is 12.1 Å². The molecule has 0 bridgehead atoms. The van der Waals surface area contributed by atoms with Crippen molar-refractivity contribution in [3.63, 3.8) is 0 Å². The fraction of sp³-hybridized carbons (Fsp3) is 0.600. The molecule has 1 amide bonds. The molecule has 0 spiro atoms. The van der Waals surface area contributed by atoms with Crippen LogP contribution >= 0.6 is 0 Å². The van der Waals surface area contributed by atoms with Crippen molar-refractivity contribution in [2.24, 2.45) is 0 Å². The largest absolute Gasteiger partial charge is 0.493 e. The number of nitrogens with zero attached hydrogens (tertiary/aromatic N) is 1. The fourth-order valence-corrected chi connectivity index (χ4v) is 3.58. The van der Waals surface area contributed by atoms with Crippen LogP contribution in [0.3, 0.4) is 0 Å². The zero-order valence-electron chi connectivity index (χ0n) is 16.7. The van der Waals surface area contributed by atoms with Gasteiger partial charge in [0.2, 0.25) is 5.75 Å². The first-order chi connectivity index (χ1) is 12.9. The summed E-state index contributed by atoms with van der Waals surface area (Å²) in [6.07, 6.45) is 3.09. The van der Waals surface area contributed by atoms with Crippen LogP contribution in [0.5, 0.6) is 17.2 Å². The van der Waals surface area contributed by atoms with Gasteiger partial charge in [-0.3, -0.25) is 9.59 Å². The Balaban J connectivity index is 1.98. The van der Waals surface area contributed by atoms with Crippen molar-refractivity contribution in [2.75, 3.05) is 27.9 Å². The first kappa shape index (κ1) is 20.9. The maximum atomic E-state index is 12.5. The lowest BCUT2D eigenvalue weighted by Gasteiger charge is -2.38. The minimum atomic E-state index is -0.477. The van der Waals surface area contributed by atoms with Crippen LogP contribution in [-0.4, -0.2) is 56.8 Å². The number of amides is 1. The predicted molar refractivity (Wildman–Crippen MR) is 100 cm³/mol. The van der Waals surface area contributed by atoms with Crippen LogP contribution in [0.25, 0.3) is 0 Å². The van der Waals surface area contributed by atoms with Crippen LogP contribution in [0.4, 0.5) is 0 Å². The molecule has 0 unspecified atom stereocenters. The molecule has 0 radical (unpaired) electrons. The number of benzene rings is 1. The average molecular weight is 379 g/mol. The van der Waals surface area contributed by atoms with Gasteiger partial charge in [-0.25, -0.2) is 0 Å². The molecule has 150 valence electrons. The Morgan fingerprint density at radius 2 is 1.56 bits per heavy atom. The SMILES string of the molecule is COc1cc(CC(=O)OCC(=O)N2[C@H](C)CCC[C@H]2C)cc(OC)c1OC. The number of likely N-dealkylation sites (tertiary alicyclic amines) is 1. The van der Waals surface area contributed by atoms with Gasteiger partial charge in [-0.05, 0) is 50.8 Å². The summed E-state index contributed by atoms with van der Waals surface area (Å²) in [5.41, 5.74) is 0.654. The Hall–Kier alpha value is -2.44. The van der Waals surface area contributed by atoms with E-state index in [-0.39, 0.29) is 31.0 Å². The zero-order chi connectivity index (χ0) is 20.0. The molecule has 1 saturated heterocycles. The first-order valence-corrected chi connectivity index (χ1v) is 9.16. The molecule has 1 aromatic carbocycles. The summed E-state index contributed by atoms with van der Waals surface area (Å²) in [6, 6.07) is 3.74. The van der Waals surface area contributed by atoms with Gasteiger partial charge in [-0.15, -0.1) is 0 Å². The molecule has 1 heterocycles. The second-order valence-corrected chi connectivity index (χ2v) is 6.80. The highest BCUT2D eigenvalue weighted by Gasteiger charge is 2.29. The van der Waals surface area contributed by atoms with Crippen molar-refractivity contribution in [1.82, 2.24) is 4.90 Å². The number of methoxy groups -OCH3 is 3. The van der Waals surface area contributed by atoms with Gasteiger partial charge in [0.25, 0.3) is 5.91 Å². The number of ether oxygens (including phenoxy) is 4. The standard InChI is InChI=1S/C20H29NO6/c1-13-7-6-8-14(2)21(13)18(22)12-27-19(23)11-15-9-16(24-3)20(26-5)17(10-15)25-4/h9-10,13-14H,6-8,11-12H2,1-5H3/t13-,14-/m1/s1. The number of carbonyl (C=O) groups is 2. The number of carbonyl (C=O) groups excluding carboxylic acids is 2. The molecule has 7 nitrogen and oxygen atoms in total. The third-order valence-electron chi connectivity index (χ3n) is 4.91. The highest BCUT2D eigenvalue weighted by molar-refractivity contribution is 5.82. The summed E-state index contributed by atoms with van der Waals surface area (Å²) in [4.78, 5) is 26.5. The van der Waals surface area contributed by atoms with E-state index in [1.165, 1.54) is 21.3 Å². The number of hydrogen-bond donors (Lipinski definition) is 0. The summed E-state index contributed by atoms with van der Waals surface area (Å²) in [6.45, 7) is 3.83. The summed E-state index contributed by atoms with van der Waals surface area (Å²) >= 11 is 0. The minimum Gasteiger partial charge on any atom is -0.493 e. The predicted octanol–water partition coefficient (Wildman–Crippen LogP) is 2.59. The van der Waals surface area contributed by atoms with E-state index in [4.69, 9.17) is 18.9 Å². The van der Waals surface area contributed by atoms with Crippen molar-refractivity contribution in [3.05, 3.63) is 17.7 Å². The Labute approximate surface area is 160 Å². The van der Waals surface area contributed by atoms with Crippen molar-refractivity contribution in [2.45, 2.75) is 51.6 Å². The van der Waals surface area contributed by atoms with Crippen molar-refractivity contribution < 1.29 is 28.5 Å². The number of hydrogen-bond acceptors (Lipinski definition) is 6. The summed E-state index contributed by atoms with van der Waals surface area (Å²) in [5, 5.41) is 0. The van der Waals surface area contributed by atoms with E-state index in [1.807, 2.05) is 18.7 Å². The quantitative estimate of drug-likeness (QED) is 0.678. The van der Waals surface area contributed by atoms with Gasteiger partial charge in [-0.1, -0.05) is 0 Å². The van der Waals surface area contributed by atoms with E-state index in [2.05, 4.69) is 0 Å². The highest BCUT2D eigenvalue weighted by atomic mass is 16.5. The second-order valence-electron chi connectivity index (χ2n) is 6.80. The molecule has 2 rings (SSSR count). The molecule has 7 heteroatoms. The van der Waals surface area contributed by atoms with Crippen LogP contribution in [-0.2, 0) is 20.7 Å². The lowest BCUT2D eigenvalue weighted by atomic mass is 9.97. The van der Waals surface area contributed by atoms with Gasteiger partial charge < -0.3 is 23.8 Å². The zero-order valence-corrected chi connectivity index (χ0v) is 16.7. The monoisotopic (exact) mass is 379 g/mol. The third-order valence-corrected chi connectivity index (χ3v) is 4.91. The molecule has 1 aliphatic rings. The van der Waals surface area contributed by atoms with Crippen molar-refractivity contribution >= 4 is 11.9 Å². The maximum Gasteiger partial charge on any atom is 0.310 e. The van der Waals surface area contributed by atoms with Gasteiger partial charge in [0.05, 0.1) is 27.8 Å². The third kappa shape index (κ3) is 5.05. The van der Waals surface area contributed by atoms with Gasteiger partial charge in [0.1, 0.15) is 0 Å². The second kappa shape index (κ2) is 9.48. The molecule has 27 heavy (non-hydrogen) atoms. The number of esters is 1. The molecule has 1 aliphatic heterocycles. The van der Waals surface area contributed by atoms with E-state index < -0.39 is 5.97 Å². The van der Waals surface area contributed by atoms with Crippen LogP contribution in [0.15, 0.2) is 12.1 Å². The van der Waals surface area contributed by atoms with E-state index in [1.54, 1.807) is 12.1 Å². The smallest absolute Gasteiger partial charge is 0.310 e. The minimum absolute atomic E-state index is 0.00903. The summed E-state index contributed by atoms with van der Waals surface area (Å²) in [7, 11) is 4.54. The van der Waals surface area contributed by atoms with Crippen LogP contribution < -0.4 is 14.2 Å². The highest BCUT2D eigenvalue weighted by Crippen LogP contribution is 2.38. The Morgan fingerprint density at radius 1 is 1.00 bits per heavy atom. The average Bonchev–Trinajstić information content (AvgIpc) is 2.65. The lowest BCUT2D eigenvalue weighted by Crippen LogP contribution is -2.49. The summed E-state index contributed by atoms with van der Waals surface area (Å²) < 4.78 is 21.1. The topological polar surface area (TPSA) is 74.3 Å². The molecule has 0 aliphatic carbocycles. The molecule has 1 aromatic rings. The Kier molecular flexibility index (Phi) is 7.33. The van der Waals surface area contributed by atoms with Crippen molar-refractivity contribution in [3.8, 4) is 17.2 Å². The molecule has 2 atom stereocenters. The Bertz CT molecular complexity index is 639. The van der Waals surface area contributed by atoms with Crippen LogP contribution in [0, 0.1) is 0 Å². The fourth-order valence-electron chi connectivity index (χ4n) is 3.58. The number of piperidine rings is 1.